The number of alkyl halides is 3. The lowest BCUT2D eigenvalue weighted by Gasteiger charge is -2.29. The number of anilines is 1. The molecule has 0 saturated carbocycles. The van der Waals surface area contributed by atoms with Crippen molar-refractivity contribution in [2.45, 2.75) is 33.5 Å². The number of morpholine rings is 1. The van der Waals surface area contributed by atoms with Crippen molar-refractivity contribution < 1.29 is 17.9 Å². The van der Waals surface area contributed by atoms with Gasteiger partial charge in [0, 0.05) is 25.3 Å². The Morgan fingerprint density at radius 1 is 1.07 bits per heavy atom. The fraction of sp³-hybridized carbons (Fsp3) is 0.409. The van der Waals surface area contributed by atoms with Gasteiger partial charge in [0.25, 0.3) is 0 Å². The summed E-state index contributed by atoms with van der Waals surface area (Å²) in [5.41, 5.74) is 4.33. The van der Waals surface area contributed by atoms with E-state index in [2.05, 4.69) is 17.0 Å². The second-order valence-electron chi connectivity index (χ2n) is 7.56. The molecule has 2 aromatic carbocycles. The lowest BCUT2D eigenvalue weighted by molar-refractivity contribution is -0.138. The molecule has 4 nitrogen and oxygen atoms in total. The molecule has 3 aromatic rings. The second-order valence-corrected chi connectivity index (χ2v) is 7.56. The van der Waals surface area contributed by atoms with Crippen LogP contribution in [0.2, 0.25) is 0 Å². The van der Waals surface area contributed by atoms with E-state index in [0.29, 0.717) is 25.3 Å². The number of imidazole rings is 1. The first-order chi connectivity index (χ1) is 13.8. The minimum Gasteiger partial charge on any atom is -0.378 e. The fourth-order valence-electron chi connectivity index (χ4n) is 4.03. The van der Waals surface area contributed by atoms with Gasteiger partial charge in [-0.05, 0) is 55.7 Å². The first kappa shape index (κ1) is 19.8. The Labute approximate surface area is 167 Å². The summed E-state index contributed by atoms with van der Waals surface area (Å²) < 4.78 is 47.4. The van der Waals surface area contributed by atoms with E-state index < -0.39 is 11.7 Å². The number of halogens is 3. The number of ether oxygens (including phenoxy) is 1. The van der Waals surface area contributed by atoms with Gasteiger partial charge in [-0.3, -0.25) is 0 Å². The van der Waals surface area contributed by atoms with Crippen LogP contribution in [0.25, 0.3) is 11.0 Å². The van der Waals surface area contributed by atoms with Gasteiger partial charge in [0.2, 0.25) is 0 Å². The Balaban J connectivity index is 1.78. The van der Waals surface area contributed by atoms with E-state index in [1.165, 1.54) is 13.0 Å². The number of hydrogen-bond donors (Lipinski definition) is 0. The van der Waals surface area contributed by atoms with Crippen molar-refractivity contribution in [3.63, 3.8) is 0 Å². The lowest BCUT2D eigenvalue weighted by Crippen LogP contribution is -2.36. The van der Waals surface area contributed by atoms with E-state index in [-0.39, 0.29) is 5.56 Å². The summed E-state index contributed by atoms with van der Waals surface area (Å²) in [4.78, 5) is 6.97. The third-order valence-electron chi connectivity index (χ3n) is 5.68. The van der Waals surface area contributed by atoms with Gasteiger partial charge in [0.1, 0.15) is 5.82 Å². The molecule has 1 aliphatic heterocycles. The van der Waals surface area contributed by atoms with Crippen LogP contribution in [0.15, 0.2) is 30.3 Å². The van der Waals surface area contributed by atoms with Crippen LogP contribution in [-0.2, 0) is 17.5 Å². The van der Waals surface area contributed by atoms with Gasteiger partial charge in [-0.25, -0.2) is 4.98 Å². The highest BCUT2D eigenvalue weighted by Crippen LogP contribution is 2.34. The van der Waals surface area contributed by atoms with Crippen LogP contribution in [0.3, 0.4) is 0 Å². The monoisotopic (exact) mass is 403 g/mol. The van der Waals surface area contributed by atoms with Crippen LogP contribution < -0.4 is 4.90 Å². The average Bonchev–Trinajstić information content (AvgIpc) is 2.99. The number of aryl methyl sites for hydroxylation is 2. The van der Waals surface area contributed by atoms with Gasteiger partial charge in [0.15, 0.2) is 0 Å². The van der Waals surface area contributed by atoms with Gasteiger partial charge in [-0.2, -0.15) is 13.2 Å². The molecule has 154 valence electrons. The highest BCUT2D eigenvalue weighted by Gasteiger charge is 2.32. The number of rotatable bonds is 3. The molecule has 7 heteroatoms. The Kier molecular flexibility index (Phi) is 5.02. The largest absolute Gasteiger partial charge is 0.416 e. The van der Waals surface area contributed by atoms with E-state index in [0.717, 1.165) is 47.3 Å². The number of benzene rings is 2. The van der Waals surface area contributed by atoms with Crippen LogP contribution in [0.5, 0.6) is 0 Å². The molecule has 1 fully saturated rings. The molecule has 0 amide bonds. The Morgan fingerprint density at radius 2 is 1.79 bits per heavy atom. The number of nitrogens with zero attached hydrogens (tertiary/aromatic N) is 3. The van der Waals surface area contributed by atoms with Gasteiger partial charge in [0.05, 0.1) is 29.8 Å². The van der Waals surface area contributed by atoms with E-state index in [4.69, 9.17) is 9.72 Å². The summed E-state index contributed by atoms with van der Waals surface area (Å²) in [5, 5.41) is 0. The maximum atomic E-state index is 13.3. The van der Waals surface area contributed by atoms with Crippen LogP contribution in [0, 0.1) is 20.8 Å². The predicted molar refractivity (Wildman–Crippen MR) is 108 cm³/mol. The molecule has 0 bridgehead atoms. The van der Waals surface area contributed by atoms with Crippen LogP contribution in [-0.4, -0.2) is 35.9 Å². The molecule has 4 rings (SSSR count). The van der Waals surface area contributed by atoms with E-state index in [1.807, 2.05) is 18.4 Å². The van der Waals surface area contributed by atoms with E-state index in [9.17, 15) is 13.2 Å². The summed E-state index contributed by atoms with van der Waals surface area (Å²) in [7, 11) is 0. The molecular weight excluding hydrogens is 379 g/mol. The van der Waals surface area contributed by atoms with Crippen LogP contribution in [0.1, 0.15) is 28.1 Å². The highest BCUT2D eigenvalue weighted by molar-refractivity contribution is 5.84. The van der Waals surface area contributed by atoms with Crippen molar-refractivity contribution in [2.75, 3.05) is 31.2 Å². The molecule has 0 N–H and O–H groups in total. The van der Waals surface area contributed by atoms with E-state index >= 15 is 0 Å². The topological polar surface area (TPSA) is 30.3 Å². The number of hydrogen-bond acceptors (Lipinski definition) is 3. The second kappa shape index (κ2) is 7.37. The average molecular weight is 403 g/mol. The molecule has 0 aliphatic carbocycles. The molecule has 0 unspecified atom stereocenters. The van der Waals surface area contributed by atoms with Gasteiger partial charge in [-0.1, -0.05) is 12.1 Å². The molecule has 0 atom stereocenters. The van der Waals surface area contributed by atoms with Crippen molar-refractivity contribution in [1.29, 1.82) is 0 Å². The summed E-state index contributed by atoms with van der Waals surface area (Å²) in [5.74, 6) is 0.791. The molecule has 0 spiro atoms. The van der Waals surface area contributed by atoms with Crippen molar-refractivity contribution in [1.82, 2.24) is 9.55 Å². The molecule has 29 heavy (non-hydrogen) atoms. The Hall–Kier alpha value is -2.54. The summed E-state index contributed by atoms with van der Waals surface area (Å²) >= 11 is 0. The van der Waals surface area contributed by atoms with Gasteiger partial charge >= 0.3 is 6.18 Å². The molecule has 2 heterocycles. The number of fused-ring (bicyclic) bond motifs is 1. The quantitative estimate of drug-likeness (QED) is 0.625. The Bertz CT molecular complexity index is 1050. The smallest absolute Gasteiger partial charge is 0.378 e. The Morgan fingerprint density at radius 3 is 2.48 bits per heavy atom. The molecule has 0 radical (unpaired) electrons. The fourth-order valence-corrected chi connectivity index (χ4v) is 4.03. The van der Waals surface area contributed by atoms with Gasteiger partial charge < -0.3 is 14.2 Å². The zero-order valence-corrected chi connectivity index (χ0v) is 16.8. The third-order valence-corrected chi connectivity index (χ3v) is 5.68. The minimum atomic E-state index is -4.35. The molecule has 1 aliphatic rings. The minimum absolute atomic E-state index is 0.266. The highest BCUT2D eigenvalue weighted by atomic mass is 19.4. The summed E-state index contributed by atoms with van der Waals surface area (Å²) in [6, 6.07) is 8.59. The number of aromatic nitrogens is 2. The van der Waals surface area contributed by atoms with Gasteiger partial charge in [-0.15, -0.1) is 0 Å². The van der Waals surface area contributed by atoms with Crippen LogP contribution >= 0.6 is 0 Å². The maximum absolute atomic E-state index is 13.3. The maximum Gasteiger partial charge on any atom is 0.416 e. The van der Waals surface area contributed by atoms with E-state index in [1.54, 1.807) is 6.07 Å². The first-order valence-electron chi connectivity index (χ1n) is 9.71. The predicted octanol–water partition coefficient (Wildman–Crippen LogP) is 4.87. The van der Waals surface area contributed by atoms with Crippen molar-refractivity contribution in [2.24, 2.45) is 0 Å². The zero-order valence-electron chi connectivity index (χ0n) is 16.8. The molecule has 1 aromatic heterocycles. The molecule has 1 saturated heterocycles. The standard InChI is InChI=1S/C22H24F3N3O/c1-14-11-18(27-7-9-29-10-8-27)12-20-21(14)26-16(3)28(20)13-17-5-4-6-19(15(17)2)22(23,24)25/h4-6,11-12H,7-10,13H2,1-3H3. The SMILES string of the molecule is Cc1c(Cn2c(C)nc3c(C)cc(N4CCOCC4)cc32)cccc1C(F)(F)F. The third kappa shape index (κ3) is 3.71. The summed E-state index contributed by atoms with van der Waals surface area (Å²) in [6.07, 6.45) is -4.35. The summed E-state index contributed by atoms with van der Waals surface area (Å²) in [6.45, 7) is 8.85. The van der Waals surface area contributed by atoms with Crippen molar-refractivity contribution in [3.8, 4) is 0 Å². The first-order valence-corrected chi connectivity index (χ1v) is 9.71. The molecular formula is C22H24F3N3O. The lowest BCUT2D eigenvalue weighted by atomic mass is 10.0. The van der Waals surface area contributed by atoms with Crippen molar-refractivity contribution in [3.05, 3.63) is 58.4 Å². The zero-order chi connectivity index (χ0) is 20.8. The van der Waals surface area contributed by atoms with Crippen LogP contribution in [0.4, 0.5) is 18.9 Å². The normalized spacial score (nSPS) is 15.3. The van der Waals surface area contributed by atoms with Crippen molar-refractivity contribution >= 4 is 16.7 Å².